The van der Waals surface area contributed by atoms with Crippen LogP contribution < -0.4 is 5.32 Å². The Labute approximate surface area is 160 Å². The van der Waals surface area contributed by atoms with E-state index in [4.69, 9.17) is 4.74 Å². The Morgan fingerprint density at radius 3 is 2.50 bits per heavy atom. The lowest BCUT2D eigenvalue weighted by molar-refractivity contribution is -0.120. The molecule has 6 nitrogen and oxygen atoms in total. The summed E-state index contributed by atoms with van der Waals surface area (Å²) in [5, 5.41) is 2.50. The van der Waals surface area contributed by atoms with Gasteiger partial charge in [-0.2, -0.15) is 4.31 Å². The maximum absolute atomic E-state index is 12.5. The van der Waals surface area contributed by atoms with Crippen LogP contribution in [0.25, 0.3) is 0 Å². The van der Waals surface area contributed by atoms with Crippen molar-refractivity contribution in [3.63, 3.8) is 0 Å². The molecule has 1 N–H and O–H groups in total. The molecule has 1 aliphatic heterocycles. The Hall–Kier alpha value is -1.09. The number of rotatable bonds is 8. The summed E-state index contributed by atoms with van der Waals surface area (Å²) in [6.45, 7) is 6.42. The van der Waals surface area contributed by atoms with Crippen molar-refractivity contribution in [2.24, 2.45) is 0 Å². The standard InChI is InChI=1S/C18H28N2O4S2/c1-14-11-20(12-15(2)24-14)26(22,23)10-9-19-18(21)16(3)25-13-17-7-5-4-6-8-17/h4-8,14-16H,9-13H2,1-3H3,(H,19,21)/t14-,15-,16+/m1/s1. The predicted octanol–water partition coefficient (Wildman–Crippen LogP) is 1.86. The number of ether oxygens (including phenoxy) is 1. The van der Waals surface area contributed by atoms with Crippen LogP contribution in [0.1, 0.15) is 26.3 Å². The van der Waals surface area contributed by atoms with Gasteiger partial charge in [0.25, 0.3) is 0 Å². The molecule has 26 heavy (non-hydrogen) atoms. The van der Waals surface area contributed by atoms with Crippen molar-refractivity contribution in [1.82, 2.24) is 9.62 Å². The molecular formula is C18H28N2O4S2. The number of carbonyl (C=O) groups excluding carboxylic acids is 1. The van der Waals surface area contributed by atoms with Crippen LogP contribution in [0.4, 0.5) is 0 Å². The van der Waals surface area contributed by atoms with E-state index in [9.17, 15) is 13.2 Å². The highest BCUT2D eigenvalue weighted by Gasteiger charge is 2.30. The van der Waals surface area contributed by atoms with Crippen LogP contribution in [0.2, 0.25) is 0 Å². The zero-order valence-electron chi connectivity index (χ0n) is 15.6. The monoisotopic (exact) mass is 400 g/mol. The van der Waals surface area contributed by atoms with E-state index in [1.165, 1.54) is 16.1 Å². The Kier molecular flexibility index (Phi) is 7.94. The van der Waals surface area contributed by atoms with Crippen molar-refractivity contribution in [1.29, 1.82) is 0 Å². The molecule has 1 fully saturated rings. The molecule has 3 atom stereocenters. The number of nitrogens with one attached hydrogen (secondary N) is 1. The van der Waals surface area contributed by atoms with Crippen LogP contribution in [0.15, 0.2) is 30.3 Å². The minimum atomic E-state index is -3.39. The Bertz CT molecular complexity index is 672. The lowest BCUT2D eigenvalue weighted by Gasteiger charge is -2.34. The maximum atomic E-state index is 12.5. The van der Waals surface area contributed by atoms with E-state index in [1.54, 1.807) is 0 Å². The highest BCUT2D eigenvalue weighted by atomic mass is 32.2. The first-order chi connectivity index (χ1) is 12.3. The highest BCUT2D eigenvalue weighted by Crippen LogP contribution is 2.18. The summed E-state index contributed by atoms with van der Waals surface area (Å²) in [6, 6.07) is 9.95. The number of sulfonamides is 1. The van der Waals surface area contributed by atoms with Gasteiger partial charge < -0.3 is 10.1 Å². The van der Waals surface area contributed by atoms with E-state index in [0.717, 1.165) is 11.3 Å². The molecular weight excluding hydrogens is 372 g/mol. The van der Waals surface area contributed by atoms with Gasteiger partial charge >= 0.3 is 0 Å². The second-order valence-corrected chi connectivity index (χ2v) is 10.0. The second kappa shape index (κ2) is 9.73. The molecule has 0 radical (unpaired) electrons. The zero-order valence-corrected chi connectivity index (χ0v) is 17.2. The van der Waals surface area contributed by atoms with Crippen LogP contribution in [0.5, 0.6) is 0 Å². The van der Waals surface area contributed by atoms with E-state index < -0.39 is 10.0 Å². The molecule has 2 rings (SSSR count). The molecule has 1 heterocycles. The van der Waals surface area contributed by atoms with Gasteiger partial charge in [-0.05, 0) is 26.3 Å². The van der Waals surface area contributed by atoms with Gasteiger partial charge in [-0.25, -0.2) is 8.42 Å². The Balaban J connectivity index is 1.74. The SMILES string of the molecule is C[C@@H]1CN(S(=O)(=O)CCNC(=O)[C@H](C)SCc2ccccc2)C[C@@H](C)O1. The van der Waals surface area contributed by atoms with Crippen LogP contribution in [-0.4, -0.2) is 61.5 Å². The molecule has 0 aromatic heterocycles. The van der Waals surface area contributed by atoms with Gasteiger partial charge in [0.05, 0.1) is 23.2 Å². The fourth-order valence-electron chi connectivity index (χ4n) is 2.81. The summed E-state index contributed by atoms with van der Waals surface area (Å²) in [7, 11) is -3.39. The first-order valence-corrected chi connectivity index (χ1v) is 11.5. The molecule has 8 heteroatoms. The smallest absolute Gasteiger partial charge is 0.232 e. The zero-order chi connectivity index (χ0) is 19.2. The lowest BCUT2D eigenvalue weighted by atomic mass is 10.2. The van der Waals surface area contributed by atoms with Gasteiger partial charge in [-0.15, -0.1) is 11.8 Å². The molecule has 1 saturated heterocycles. The van der Waals surface area contributed by atoms with Crippen LogP contribution in [0, 0.1) is 0 Å². The number of amides is 1. The molecule has 1 amide bonds. The molecule has 1 aliphatic rings. The molecule has 146 valence electrons. The average molecular weight is 401 g/mol. The van der Waals surface area contributed by atoms with Gasteiger partial charge in [0.1, 0.15) is 0 Å². The molecule has 0 saturated carbocycles. The van der Waals surface area contributed by atoms with E-state index >= 15 is 0 Å². The molecule has 0 aliphatic carbocycles. The summed E-state index contributed by atoms with van der Waals surface area (Å²) < 4.78 is 31.9. The number of benzene rings is 1. The normalized spacial score (nSPS) is 22.7. The third-order valence-electron chi connectivity index (χ3n) is 4.15. The molecule has 1 aromatic carbocycles. The van der Waals surface area contributed by atoms with E-state index in [1.807, 2.05) is 51.1 Å². The van der Waals surface area contributed by atoms with Crippen LogP contribution >= 0.6 is 11.8 Å². The van der Waals surface area contributed by atoms with E-state index in [2.05, 4.69) is 5.32 Å². The van der Waals surface area contributed by atoms with E-state index in [-0.39, 0.29) is 35.7 Å². The van der Waals surface area contributed by atoms with Gasteiger partial charge in [0.2, 0.25) is 15.9 Å². The minimum Gasteiger partial charge on any atom is -0.373 e. The van der Waals surface area contributed by atoms with E-state index in [0.29, 0.717) is 13.1 Å². The number of hydrogen-bond donors (Lipinski definition) is 1. The van der Waals surface area contributed by atoms with Crippen molar-refractivity contribution in [3.05, 3.63) is 35.9 Å². The summed E-state index contributed by atoms with van der Waals surface area (Å²) in [5.41, 5.74) is 1.16. The van der Waals surface area contributed by atoms with Crippen molar-refractivity contribution in [2.45, 2.75) is 44.0 Å². The second-order valence-electron chi connectivity index (χ2n) is 6.62. The van der Waals surface area contributed by atoms with Crippen molar-refractivity contribution >= 4 is 27.7 Å². The molecule has 1 aromatic rings. The number of carbonyl (C=O) groups is 1. The third kappa shape index (κ3) is 6.57. The van der Waals surface area contributed by atoms with Crippen LogP contribution in [0.3, 0.4) is 0 Å². The topological polar surface area (TPSA) is 75.7 Å². The number of hydrogen-bond acceptors (Lipinski definition) is 5. The lowest BCUT2D eigenvalue weighted by Crippen LogP contribution is -2.49. The quantitative estimate of drug-likeness (QED) is 0.721. The van der Waals surface area contributed by atoms with Gasteiger partial charge in [-0.3, -0.25) is 4.79 Å². The summed E-state index contributed by atoms with van der Waals surface area (Å²) in [4.78, 5) is 12.2. The van der Waals surface area contributed by atoms with Crippen molar-refractivity contribution in [2.75, 3.05) is 25.4 Å². The molecule has 0 bridgehead atoms. The predicted molar refractivity (Wildman–Crippen MR) is 106 cm³/mol. The van der Waals surface area contributed by atoms with Crippen molar-refractivity contribution in [3.8, 4) is 0 Å². The summed E-state index contributed by atoms with van der Waals surface area (Å²) >= 11 is 1.54. The van der Waals surface area contributed by atoms with Gasteiger partial charge in [0, 0.05) is 25.4 Å². The highest BCUT2D eigenvalue weighted by molar-refractivity contribution is 7.99. The summed E-state index contributed by atoms with van der Waals surface area (Å²) in [5.74, 6) is 0.524. The largest absolute Gasteiger partial charge is 0.373 e. The number of thioether (sulfide) groups is 1. The van der Waals surface area contributed by atoms with Gasteiger partial charge in [-0.1, -0.05) is 30.3 Å². The molecule has 0 unspecified atom stereocenters. The molecule has 0 spiro atoms. The number of morpholine rings is 1. The minimum absolute atomic E-state index is 0.0890. The average Bonchev–Trinajstić information content (AvgIpc) is 2.59. The fraction of sp³-hybridized carbons (Fsp3) is 0.611. The first kappa shape index (κ1) is 21.2. The number of nitrogens with zero attached hydrogens (tertiary/aromatic N) is 1. The summed E-state index contributed by atoms with van der Waals surface area (Å²) in [6.07, 6.45) is -0.227. The Morgan fingerprint density at radius 2 is 1.88 bits per heavy atom. The van der Waals surface area contributed by atoms with Crippen molar-refractivity contribution < 1.29 is 17.9 Å². The van der Waals surface area contributed by atoms with Gasteiger partial charge in [0.15, 0.2) is 0 Å². The maximum Gasteiger partial charge on any atom is 0.232 e. The Morgan fingerprint density at radius 1 is 1.27 bits per heavy atom. The van der Waals surface area contributed by atoms with Crippen LogP contribution in [-0.2, 0) is 25.3 Å². The first-order valence-electron chi connectivity index (χ1n) is 8.84. The fourth-order valence-corrected chi connectivity index (χ4v) is 5.17. The third-order valence-corrected chi connectivity index (χ3v) is 7.17.